The van der Waals surface area contributed by atoms with Crippen molar-refractivity contribution in [3.8, 4) is 0 Å². The van der Waals surface area contributed by atoms with Crippen LogP contribution in [0.5, 0.6) is 0 Å². The van der Waals surface area contributed by atoms with E-state index < -0.39 is 11.7 Å². The lowest BCUT2D eigenvalue weighted by Gasteiger charge is -2.28. The summed E-state index contributed by atoms with van der Waals surface area (Å²) in [4.78, 5) is 42.4. The molecule has 0 unspecified atom stereocenters. The number of nitrogens with zero attached hydrogens (tertiary/aromatic N) is 1. The Hall–Kier alpha value is -1.68. The minimum Gasteiger partial charge on any atom is -0.444 e. The van der Waals surface area contributed by atoms with Gasteiger partial charge in [-0.2, -0.15) is 0 Å². The highest BCUT2D eigenvalue weighted by atomic mass is 79.9. The molecule has 10 heteroatoms. The van der Waals surface area contributed by atoms with Gasteiger partial charge in [-0.05, 0) is 98.9 Å². The van der Waals surface area contributed by atoms with Crippen LogP contribution in [0.3, 0.4) is 0 Å². The number of amides is 3. The molecule has 3 fully saturated rings. The summed E-state index contributed by atoms with van der Waals surface area (Å²) in [6.45, 7) is 6.64. The van der Waals surface area contributed by atoms with Crippen molar-refractivity contribution < 1.29 is 19.1 Å². The second-order valence-corrected chi connectivity index (χ2v) is 13.2. The summed E-state index contributed by atoms with van der Waals surface area (Å²) in [5.74, 6) is 0.0462. The predicted molar refractivity (Wildman–Crippen MR) is 134 cm³/mol. The van der Waals surface area contributed by atoms with Crippen LogP contribution in [0.2, 0.25) is 0 Å². The molecular formula is C24H35BrN4O4S. The van der Waals surface area contributed by atoms with Gasteiger partial charge in [0.15, 0.2) is 5.13 Å². The van der Waals surface area contributed by atoms with E-state index in [4.69, 9.17) is 4.74 Å². The first-order valence-corrected chi connectivity index (χ1v) is 13.9. The van der Waals surface area contributed by atoms with Gasteiger partial charge in [0, 0.05) is 13.1 Å². The number of nitrogens with one attached hydrogen (secondary N) is 3. The minimum absolute atomic E-state index is 0.0193. The summed E-state index contributed by atoms with van der Waals surface area (Å²) < 4.78 is 6.09. The number of rotatable bonds is 9. The second-order valence-electron chi connectivity index (χ2n) is 10.8. The van der Waals surface area contributed by atoms with Gasteiger partial charge < -0.3 is 20.7 Å². The number of hydrogen-bond acceptors (Lipinski definition) is 6. The summed E-state index contributed by atoms with van der Waals surface area (Å²) in [5.41, 5.74) is -0.292. The largest absolute Gasteiger partial charge is 0.444 e. The van der Waals surface area contributed by atoms with E-state index in [1.165, 1.54) is 11.3 Å². The van der Waals surface area contributed by atoms with Gasteiger partial charge in [0.25, 0.3) is 0 Å². The van der Waals surface area contributed by atoms with Crippen molar-refractivity contribution in [3.05, 3.63) is 9.98 Å². The summed E-state index contributed by atoms with van der Waals surface area (Å²) in [6, 6.07) is 0. The molecule has 0 aliphatic heterocycles. The quantitative estimate of drug-likeness (QED) is 0.383. The van der Waals surface area contributed by atoms with E-state index in [2.05, 4.69) is 36.9 Å². The Kier molecular flexibility index (Phi) is 7.57. The monoisotopic (exact) mass is 554 g/mol. The van der Waals surface area contributed by atoms with Crippen LogP contribution in [0, 0.1) is 29.1 Å². The molecule has 1 aromatic heterocycles. The SMILES string of the molecule is CC(C)(C)OC(=O)NCCCCCNC(=O)[C@H]1[C@H](C(=O)Nc2ncc(Br)s2)[C@@H]2CC[C@H]1C21CC1. The lowest BCUT2D eigenvalue weighted by atomic mass is 9.78. The predicted octanol–water partition coefficient (Wildman–Crippen LogP) is 4.71. The van der Waals surface area contributed by atoms with Gasteiger partial charge in [-0.1, -0.05) is 11.3 Å². The number of unbranched alkanes of at least 4 members (excludes halogenated alkanes) is 2. The van der Waals surface area contributed by atoms with Gasteiger partial charge in [-0.15, -0.1) is 0 Å². The Labute approximate surface area is 213 Å². The van der Waals surface area contributed by atoms with Crippen LogP contribution < -0.4 is 16.0 Å². The van der Waals surface area contributed by atoms with Crippen molar-refractivity contribution in [1.29, 1.82) is 0 Å². The van der Waals surface area contributed by atoms with Gasteiger partial charge in [0.2, 0.25) is 11.8 Å². The van der Waals surface area contributed by atoms with Crippen molar-refractivity contribution in [2.24, 2.45) is 29.1 Å². The van der Waals surface area contributed by atoms with Crippen molar-refractivity contribution in [2.75, 3.05) is 18.4 Å². The van der Waals surface area contributed by atoms with E-state index in [9.17, 15) is 14.4 Å². The van der Waals surface area contributed by atoms with Crippen LogP contribution in [0.1, 0.15) is 65.7 Å². The van der Waals surface area contributed by atoms with Crippen molar-refractivity contribution in [1.82, 2.24) is 15.6 Å². The summed E-state index contributed by atoms with van der Waals surface area (Å²) in [5, 5.41) is 9.40. The summed E-state index contributed by atoms with van der Waals surface area (Å²) in [7, 11) is 0. The Morgan fingerprint density at radius 2 is 1.68 bits per heavy atom. The average molecular weight is 556 g/mol. The van der Waals surface area contributed by atoms with Crippen LogP contribution in [-0.4, -0.2) is 41.6 Å². The fourth-order valence-corrected chi connectivity index (χ4v) is 7.23. The third-order valence-corrected chi connectivity index (χ3v) is 8.87. The molecule has 1 aromatic rings. The van der Waals surface area contributed by atoms with E-state index in [1.54, 1.807) is 6.20 Å². The number of carbonyl (C=O) groups excluding carboxylic acids is 3. The first kappa shape index (κ1) is 25.4. The zero-order chi connectivity index (χ0) is 24.5. The van der Waals surface area contributed by atoms with E-state index in [0.717, 1.165) is 48.7 Å². The van der Waals surface area contributed by atoms with Crippen LogP contribution in [-0.2, 0) is 14.3 Å². The molecule has 4 atom stereocenters. The topological polar surface area (TPSA) is 109 Å². The number of hydrogen-bond donors (Lipinski definition) is 3. The molecule has 0 aromatic carbocycles. The van der Waals surface area contributed by atoms with Gasteiger partial charge in [0.1, 0.15) is 5.60 Å². The fourth-order valence-electron chi connectivity index (χ4n) is 6.12. The number of anilines is 1. The number of alkyl carbamates (subject to hydrolysis) is 1. The fraction of sp³-hybridized carbons (Fsp3) is 0.750. The van der Waals surface area contributed by atoms with Crippen LogP contribution in [0.15, 0.2) is 9.98 Å². The van der Waals surface area contributed by atoms with E-state index in [1.807, 2.05) is 20.8 Å². The van der Waals surface area contributed by atoms with Gasteiger partial charge in [0.05, 0.1) is 21.8 Å². The number of halogens is 1. The van der Waals surface area contributed by atoms with Crippen LogP contribution >= 0.6 is 27.3 Å². The Balaban J connectivity index is 1.24. The molecule has 4 rings (SSSR count). The Morgan fingerprint density at radius 1 is 1.06 bits per heavy atom. The standard InChI is InChI=1S/C24H35BrN4O4S/c1-23(2,3)33-22(32)27-12-6-4-5-11-26-19(30)17-14-7-8-15(24(14)9-10-24)18(17)20(31)29-21-28-13-16(25)34-21/h13-15,17-18H,4-12H2,1-3H3,(H,26,30)(H,27,32)(H,28,29,31)/t14-,15+,17-,18-/m1/s1. The lowest BCUT2D eigenvalue weighted by molar-refractivity contribution is -0.134. The highest BCUT2D eigenvalue weighted by Gasteiger charge is 2.71. The van der Waals surface area contributed by atoms with Crippen molar-refractivity contribution in [3.63, 3.8) is 0 Å². The van der Waals surface area contributed by atoms with Crippen molar-refractivity contribution in [2.45, 2.75) is 71.3 Å². The zero-order valence-electron chi connectivity index (χ0n) is 20.1. The molecule has 3 saturated carbocycles. The van der Waals surface area contributed by atoms with Crippen LogP contribution in [0.25, 0.3) is 0 Å². The van der Waals surface area contributed by atoms with Gasteiger partial charge in [-0.25, -0.2) is 9.78 Å². The molecule has 1 spiro atoms. The maximum absolute atomic E-state index is 13.2. The van der Waals surface area contributed by atoms with Gasteiger partial charge >= 0.3 is 6.09 Å². The molecule has 3 aliphatic rings. The smallest absolute Gasteiger partial charge is 0.407 e. The molecule has 3 N–H and O–H groups in total. The number of carbonyl (C=O) groups is 3. The molecule has 1 heterocycles. The average Bonchev–Trinajstić information content (AvgIpc) is 3.24. The maximum atomic E-state index is 13.2. The van der Waals surface area contributed by atoms with E-state index in [0.29, 0.717) is 30.1 Å². The molecule has 8 nitrogen and oxygen atoms in total. The molecule has 3 aliphatic carbocycles. The Bertz CT molecular complexity index is 926. The highest BCUT2D eigenvalue weighted by Crippen LogP contribution is 2.74. The van der Waals surface area contributed by atoms with Crippen LogP contribution in [0.4, 0.5) is 9.93 Å². The normalized spacial score (nSPS) is 26.4. The molecular weight excluding hydrogens is 520 g/mol. The summed E-state index contributed by atoms with van der Waals surface area (Å²) in [6.07, 6.45) is 8.19. The highest BCUT2D eigenvalue weighted by molar-refractivity contribution is 9.11. The van der Waals surface area contributed by atoms with Gasteiger partial charge in [-0.3, -0.25) is 9.59 Å². The van der Waals surface area contributed by atoms with E-state index >= 15 is 0 Å². The molecule has 34 heavy (non-hydrogen) atoms. The number of ether oxygens (including phenoxy) is 1. The molecule has 0 saturated heterocycles. The maximum Gasteiger partial charge on any atom is 0.407 e. The third-order valence-electron chi connectivity index (χ3n) is 7.48. The molecule has 2 bridgehead atoms. The third kappa shape index (κ3) is 5.58. The molecule has 0 radical (unpaired) electrons. The molecule has 3 amide bonds. The number of thiazole rings is 1. The van der Waals surface area contributed by atoms with E-state index in [-0.39, 0.29) is 29.1 Å². The Morgan fingerprint density at radius 3 is 2.24 bits per heavy atom. The van der Waals surface area contributed by atoms with Crippen molar-refractivity contribution >= 4 is 50.3 Å². The summed E-state index contributed by atoms with van der Waals surface area (Å²) >= 11 is 4.77. The zero-order valence-corrected chi connectivity index (χ0v) is 22.5. The minimum atomic E-state index is -0.501. The lowest BCUT2D eigenvalue weighted by Crippen LogP contribution is -2.43. The number of aromatic nitrogens is 1. The second kappa shape index (κ2) is 10.1. The first-order valence-electron chi connectivity index (χ1n) is 12.3. The first-order chi connectivity index (χ1) is 16.1. The molecule has 188 valence electrons.